The number of rotatable bonds is 1. The second-order valence-electron chi connectivity index (χ2n) is 1.24. The Morgan fingerprint density at radius 2 is 2.71 bits per heavy atom. The average molecular weight is 112 g/mol. The first-order valence-corrected chi connectivity index (χ1v) is 3.14. The van der Waals surface area contributed by atoms with Crippen molar-refractivity contribution < 1.29 is 0 Å². The third-order valence-corrected chi connectivity index (χ3v) is 1.70. The Hall–Kier alpha value is -0.240. The Balaban J connectivity index is 2.51. The molecule has 0 aromatic rings. The van der Waals surface area contributed by atoms with E-state index in [4.69, 9.17) is 6.58 Å². The standard InChI is InChI=1S/C5H6NS/c1-2-5-6-3-4-7-5/h1-2H,3-4H2. The molecule has 0 N–H and O–H groups in total. The highest BCUT2D eigenvalue weighted by molar-refractivity contribution is 8.14. The van der Waals surface area contributed by atoms with E-state index in [0.717, 1.165) is 17.3 Å². The van der Waals surface area contributed by atoms with Gasteiger partial charge in [-0.15, -0.1) is 11.8 Å². The number of nitrogens with zero attached hydrogens (tertiary/aromatic N) is 1. The van der Waals surface area contributed by atoms with E-state index in [9.17, 15) is 0 Å². The van der Waals surface area contributed by atoms with Gasteiger partial charge in [0, 0.05) is 12.3 Å². The molecule has 0 aliphatic carbocycles. The van der Waals surface area contributed by atoms with Gasteiger partial charge < -0.3 is 0 Å². The van der Waals surface area contributed by atoms with Gasteiger partial charge in [0.1, 0.15) is 0 Å². The van der Waals surface area contributed by atoms with Crippen LogP contribution in [0.4, 0.5) is 0 Å². The lowest BCUT2D eigenvalue weighted by atomic mass is 10.7. The third kappa shape index (κ3) is 1.06. The van der Waals surface area contributed by atoms with Gasteiger partial charge in [0.15, 0.2) is 0 Å². The van der Waals surface area contributed by atoms with E-state index >= 15 is 0 Å². The Labute approximate surface area is 47.5 Å². The van der Waals surface area contributed by atoms with E-state index in [2.05, 4.69) is 4.99 Å². The van der Waals surface area contributed by atoms with Crippen molar-refractivity contribution in [2.24, 2.45) is 4.99 Å². The average Bonchev–Trinajstić information content (AvgIpc) is 2.14. The van der Waals surface area contributed by atoms with Gasteiger partial charge in [-0.2, -0.15) is 0 Å². The molecular formula is C5H6NS. The van der Waals surface area contributed by atoms with Crippen LogP contribution in [-0.4, -0.2) is 17.3 Å². The Morgan fingerprint density at radius 3 is 3.00 bits per heavy atom. The lowest BCUT2D eigenvalue weighted by Crippen LogP contribution is -1.73. The number of aliphatic imine (C=N–C) groups is 1. The lowest BCUT2D eigenvalue weighted by molar-refractivity contribution is 1.18. The highest BCUT2D eigenvalue weighted by atomic mass is 32.2. The minimum absolute atomic E-state index is 0.938. The van der Waals surface area contributed by atoms with Gasteiger partial charge in [0.25, 0.3) is 0 Å². The molecule has 1 nitrogen and oxygen atoms in total. The summed E-state index contributed by atoms with van der Waals surface area (Å²) in [6.07, 6.45) is 1.55. The van der Waals surface area contributed by atoms with Crippen LogP contribution in [0.25, 0.3) is 0 Å². The Kier molecular flexibility index (Phi) is 1.52. The molecule has 0 bridgehead atoms. The molecule has 0 saturated carbocycles. The van der Waals surface area contributed by atoms with Gasteiger partial charge in [-0.3, -0.25) is 4.99 Å². The molecule has 2 heteroatoms. The molecule has 0 unspecified atom stereocenters. The predicted octanol–water partition coefficient (Wildman–Crippen LogP) is 1.12. The second-order valence-corrected chi connectivity index (χ2v) is 2.35. The van der Waals surface area contributed by atoms with Crippen LogP contribution >= 0.6 is 11.8 Å². The lowest BCUT2D eigenvalue weighted by Gasteiger charge is -1.79. The summed E-state index contributed by atoms with van der Waals surface area (Å²) in [5.74, 6) is 1.10. The summed E-state index contributed by atoms with van der Waals surface area (Å²) >= 11 is 1.71. The summed E-state index contributed by atoms with van der Waals surface area (Å²) in [6, 6.07) is 0. The van der Waals surface area contributed by atoms with Crippen molar-refractivity contribution in [1.82, 2.24) is 0 Å². The van der Waals surface area contributed by atoms with Crippen LogP contribution in [0.15, 0.2) is 11.1 Å². The predicted molar refractivity (Wildman–Crippen MR) is 33.6 cm³/mol. The van der Waals surface area contributed by atoms with Crippen LogP contribution in [-0.2, 0) is 0 Å². The summed E-state index contributed by atoms with van der Waals surface area (Å²) in [4.78, 5) is 4.05. The maximum atomic E-state index is 5.16. The van der Waals surface area contributed by atoms with Crippen LogP contribution in [0.2, 0.25) is 0 Å². The summed E-state index contributed by atoms with van der Waals surface area (Å²) in [5, 5.41) is 0.986. The van der Waals surface area contributed by atoms with Crippen molar-refractivity contribution in [2.45, 2.75) is 0 Å². The number of hydrogen-bond donors (Lipinski definition) is 0. The van der Waals surface area contributed by atoms with Gasteiger partial charge in [-0.1, -0.05) is 6.58 Å². The van der Waals surface area contributed by atoms with Crippen molar-refractivity contribution >= 4 is 16.8 Å². The van der Waals surface area contributed by atoms with Gasteiger partial charge in [0.05, 0.1) is 5.04 Å². The normalized spacial score (nSPS) is 19.1. The van der Waals surface area contributed by atoms with Crippen LogP contribution in [0.5, 0.6) is 0 Å². The Bertz CT molecular complexity index is 107. The smallest absolute Gasteiger partial charge is 0.0905 e. The maximum Gasteiger partial charge on any atom is 0.0905 e. The third-order valence-electron chi connectivity index (χ3n) is 0.751. The molecule has 0 amide bonds. The van der Waals surface area contributed by atoms with E-state index in [1.807, 2.05) is 0 Å². The van der Waals surface area contributed by atoms with Crippen molar-refractivity contribution in [3.8, 4) is 0 Å². The first-order valence-electron chi connectivity index (χ1n) is 2.15. The first kappa shape index (κ1) is 4.91. The van der Waals surface area contributed by atoms with Gasteiger partial charge in [-0.05, 0) is 6.08 Å². The fourth-order valence-electron chi connectivity index (χ4n) is 0.453. The summed E-state index contributed by atoms with van der Waals surface area (Å²) in [6.45, 7) is 6.10. The van der Waals surface area contributed by atoms with Gasteiger partial charge in [-0.25, -0.2) is 0 Å². The molecule has 0 atom stereocenters. The monoisotopic (exact) mass is 112 g/mol. The van der Waals surface area contributed by atoms with E-state index in [1.54, 1.807) is 17.8 Å². The molecule has 0 saturated heterocycles. The van der Waals surface area contributed by atoms with Gasteiger partial charge >= 0.3 is 0 Å². The molecule has 1 rings (SSSR count). The molecule has 7 heavy (non-hydrogen) atoms. The van der Waals surface area contributed by atoms with Crippen molar-refractivity contribution in [1.29, 1.82) is 0 Å². The highest BCUT2D eigenvalue weighted by Gasteiger charge is 1.99. The quantitative estimate of drug-likeness (QED) is 0.495. The fraction of sp³-hybridized carbons (Fsp3) is 0.400. The van der Waals surface area contributed by atoms with Gasteiger partial charge in [0.2, 0.25) is 0 Å². The summed E-state index contributed by atoms with van der Waals surface area (Å²) in [5.41, 5.74) is 0. The van der Waals surface area contributed by atoms with Crippen molar-refractivity contribution in [3.05, 3.63) is 12.7 Å². The highest BCUT2D eigenvalue weighted by Crippen LogP contribution is 2.10. The SMILES string of the molecule is [CH]=CC1=NCCS1. The zero-order valence-electron chi connectivity index (χ0n) is 3.92. The molecule has 0 spiro atoms. The molecule has 0 aromatic carbocycles. The van der Waals surface area contributed by atoms with Crippen LogP contribution < -0.4 is 0 Å². The number of thioether (sulfide) groups is 1. The fourth-order valence-corrected chi connectivity index (χ4v) is 1.12. The molecule has 1 radical (unpaired) electrons. The van der Waals surface area contributed by atoms with Crippen LogP contribution in [0.1, 0.15) is 0 Å². The zero-order chi connectivity index (χ0) is 5.11. The van der Waals surface area contributed by atoms with E-state index in [0.29, 0.717) is 0 Å². The zero-order valence-corrected chi connectivity index (χ0v) is 4.74. The molecular weight excluding hydrogens is 106 g/mol. The minimum atomic E-state index is 0.938. The second kappa shape index (κ2) is 2.17. The van der Waals surface area contributed by atoms with E-state index in [-0.39, 0.29) is 0 Å². The summed E-state index contributed by atoms with van der Waals surface area (Å²) in [7, 11) is 0. The van der Waals surface area contributed by atoms with Crippen molar-refractivity contribution in [3.63, 3.8) is 0 Å². The Morgan fingerprint density at radius 1 is 1.86 bits per heavy atom. The molecule has 1 aliphatic heterocycles. The van der Waals surface area contributed by atoms with Crippen LogP contribution in [0.3, 0.4) is 0 Å². The topological polar surface area (TPSA) is 12.4 Å². The molecule has 0 aromatic heterocycles. The van der Waals surface area contributed by atoms with E-state index in [1.165, 1.54) is 0 Å². The van der Waals surface area contributed by atoms with Crippen molar-refractivity contribution in [2.75, 3.05) is 12.3 Å². The molecule has 1 heterocycles. The minimum Gasteiger partial charge on any atom is -0.278 e. The largest absolute Gasteiger partial charge is 0.278 e. The molecule has 37 valence electrons. The maximum absolute atomic E-state index is 5.16. The summed E-state index contributed by atoms with van der Waals surface area (Å²) < 4.78 is 0. The molecule has 1 aliphatic rings. The molecule has 0 fully saturated rings. The van der Waals surface area contributed by atoms with Crippen LogP contribution in [0, 0.1) is 6.58 Å². The number of hydrogen-bond acceptors (Lipinski definition) is 2. The van der Waals surface area contributed by atoms with E-state index < -0.39 is 0 Å². The first-order chi connectivity index (χ1) is 3.43.